The summed E-state index contributed by atoms with van der Waals surface area (Å²) in [7, 11) is 1.93. The van der Waals surface area contributed by atoms with Gasteiger partial charge in [0, 0.05) is 5.92 Å². The largest absolute Gasteiger partial charge is 0.489 e. The summed E-state index contributed by atoms with van der Waals surface area (Å²) in [5.74, 6) is 1.52. The van der Waals surface area contributed by atoms with Crippen LogP contribution in [-0.2, 0) is 4.74 Å². The van der Waals surface area contributed by atoms with Gasteiger partial charge in [0.25, 0.3) is 0 Å². The van der Waals surface area contributed by atoms with Gasteiger partial charge in [-0.1, -0.05) is 18.2 Å². The zero-order chi connectivity index (χ0) is 8.39. The zero-order valence-electron chi connectivity index (χ0n) is 7.16. The highest BCUT2D eigenvalue weighted by molar-refractivity contribution is 5.25. The first-order valence-corrected chi connectivity index (χ1v) is 4.27. The quantitative estimate of drug-likeness (QED) is 0.661. The molecule has 12 heavy (non-hydrogen) atoms. The van der Waals surface area contributed by atoms with E-state index in [0.717, 1.165) is 12.3 Å². The summed E-state index contributed by atoms with van der Waals surface area (Å²) in [6.45, 7) is 0.828. The monoisotopic (exact) mass is 163 g/mol. The van der Waals surface area contributed by atoms with Gasteiger partial charge >= 0.3 is 0 Å². The first-order valence-electron chi connectivity index (χ1n) is 4.27. The number of allylic oxidation sites excluding steroid dienone is 2. The summed E-state index contributed by atoms with van der Waals surface area (Å²) in [6, 6.07) is 0. The molecular formula is C10H13NO. The molecule has 1 aliphatic carbocycles. The molecule has 2 aliphatic rings. The zero-order valence-corrected chi connectivity index (χ0v) is 7.16. The molecule has 0 aromatic carbocycles. The van der Waals surface area contributed by atoms with E-state index in [1.54, 1.807) is 0 Å². The van der Waals surface area contributed by atoms with Gasteiger partial charge in [0.2, 0.25) is 0 Å². The van der Waals surface area contributed by atoms with E-state index < -0.39 is 0 Å². The Labute approximate surface area is 72.6 Å². The van der Waals surface area contributed by atoms with Gasteiger partial charge in [-0.2, -0.15) is 0 Å². The van der Waals surface area contributed by atoms with Crippen molar-refractivity contribution in [2.75, 3.05) is 13.6 Å². The van der Waals surface area contributed by atoms with E-state index in [9.17, 15) is 0 Å². The topological polar surface area (TPSA) is 21.3 Å². The number of ether oxygens (including phenoxy) is 1. The minimum atomic E-state index is 0.248. The third kappa shape index (κ3) is 1.30. The minimum Gasteiger partial charge on any atom is -0.489 e. The maximum absolute atomic E-state index is 5.67. The lowest BCUT2D eigenvalue weighted by molar-refractivity contribution is 0.160. The molecule has 0 amide bonds. The van der Waals surface area contributed by atoms with Gasteiger partial charge in [-0.05, 0) is 19.2 Å². The molecule has 0 bridgehead atoms. The van der Waals surface area contributed by atoms with Crippen molar-refractivity contribution in [1.29, 1.82) is 0 Å². The van der Waals surface area contributed by atoms with E-state index in [2.05, 4.69) is 29.6 Å². The Balaban J connectivity index is 2.06. The highest BCUT2D eigenvalue weighted by atomic mass is 16.5. The molecule has 2 atom stereocenters. The molecule has 0 saturated carbocycles. The molecule has 0 spiro atoms. The fraction of sp³-hybridized carbons (Fsp3) is 0.400. The van der Waals surface area contributed by atoms with Gasteiger partial charge in [-0.25, -0.2) is 0 Å². The number of likely N-dealkylation sites (N-methyl/N-ethyl adjacent to an activating group) is 1. The second kappa shape index (κ2) is 3.15. The average Bonchev–Trinajstić information content (AvgIpc) is 2.47. The van der Waals surface area contributed by atoms with Crippen LogP contribution in [0, 0.1) is 5.92 Å². The first kappa shape index (κ1) is 7.62. The van der Waals surface area contributed by atoms with Gasteiger partial charge in [-0.15, -0.1) is 0 Å². The number of fused-ring (bicyclic) bond motifs is 1. The SMILES string of the molecule is CNCC1=CC2C=CC=CC2O1. The fourth-order valence-corrected chi connectivity index (χ4v) is 1.58. The van der Waals surface area contributed by atoms with Crippen LogP contribution in [-0.4, -0.2) is 19.7 Å². The maximum Gasteiger partial charge on any atom is 0.127 e. The Bertz CT molecular complexity index is 253. The van der Waals surface area contributed by atoms with E-state index in [1.807, 2.05) is 13.1 Å². The number of nitrogens with one attached hydrogen (secondary N) is 1. The van der Waals surface area contributed by atoms with Crippen LogP contribution < -0.4 is 5.32 Å². The normalized spacial score (nSPS) is 31.2. The number of hydrogen-bond acceptors (Lipinski definition) is 2. The lowest BCUT2D eigenvalue weighted by Crippen LogP contribution is -2.15. The van der Waals surface area contributed by atoms with Crippen molar-refractivity contribution in [3.05, 3.63) is 36.1 Å². The second-order valence-electron chi connectivity index (χ2n) is 3.09. The predicted octanol–water partition coefficient (Wildman–Crippen LogP) is 1.23. The molecule has 0 saturated heterocycles. The lowest BCUT2D eigenvalue weighted by Gasteiger charge is -2.14. The highest BCUT2D eigenvalue weighted by Gasteiger charge is 2.25. The van der Waals surface area contributed by atoms with Gasteiger partial charge in [-0.3, -0.25) is 0 Å². The summed E-state index contributed by atoms with van der Waals surface area (Å²) >= 11 is 0. The van der Waals surface area contributed by atoms with Crippen LogP contribution in [0.5, 0.6) is 0 Å². The molecule has 1 heterocycles. The smallest absolute Gasteiger partial charge is 0.127 e. The van der Waals surface area contributed by atoms with Crippen molar-refractivity contribution in [3.8, 4) is 0 Å². The summed E-state index contributed by atoms with van der Waals surface area (Å²) in [5.41, 5.74) is 0. The van der Waals surface area contributed by atoms with Crippen molar-refractivity contribution in [2.24, 2.45) is 5.92 Å². The maximum atomic E-state index is 5.67. The third-order valence-corrected chi connectivity index (χ3v) is 2.14. The summed E-state index contributed by atoms with van der Waals surface area (Å²) in [6.07, 6.45) is 10.8. The molecule has 0 aromatic heterocycles. The van der Waals surface area contributed by atoms with Crippen LogP contribution in [0.4, 0.5) is 0 Å². The molecule has 2 rings (SSSR count). The van der Waals surface area contributed by atoms with Crippen molar-refractivity contribution in [2.45, 2.75) is 6.10 Å². The van der Waals surface area contributed by atoms with Crippen molar-refractivity contribution >= 4 is 0 Å². The predicted molar refractivity (Wildman–Crippen MR) is 48.7 cm³/mol. The Morgan fingerprint density at radius 3 is 3.00 bits per heavy atom. The molecule has 0 aromatic rings. The van der Waals surface area contributed by atoms with Crippen molar-refractivity contribution in [3.63, 3.8) is 0 Å². The Morgan fingerprint density at radius 1 is 1.42 bits per heavy atom. The summed E-state index contributed by atoms with van der Waals surface area (Å²) in [4.78, 5) is 0. The standard InChI is InChI=1S/C10H13NO/c1-11-7-9-6-8-4-2-3-5-10(8)12-9/h2-6,8,10-11H,7H2,1H3. The molecule has 1 N–H and O–H groups in total. The minimum absolute atomic E-state index is 0.248. The van der Waals surface area contributed by atoms with E-state index in [-0.39, 0.29) is 6.10 Å². The molecule has 2 nitrogen and oxygen atoms in total. The van der Waals surface area contributed by atoms with Crippen LogP contribution in [0.25, 0.3) is 0 Å². The van der Waals surface area contributed by atoms with Gasteiger partial charge < -0.3 is 10.1 Å². The highest BCUT2D eigenvalue weighted by Crippen LogP contribution is 2.27. The summed E-state index contributed by atoms with van der Waals surface area (Å²) < 4.78 is 5.67. The fourth-order valence-electron chi connectivity index (χ4n) is 1.58. The Kier molecular flexibility index (Phi) is 2.00. The van der Waals surface area contributed by atoms with Crippen LogP contribution >= 0.6 is 0 Å². The molecule has 0 fully saturated rings. The van der Waals surface area contributed by atoms with Gasteiger partial charge in [0.05, 0.1) is 6.54 Å². The lowest BCUT2D eigenvalue weighted by atomic mass is 9.99. The van der Waals surface area contributed by atoms with Crippen LogP contribution in [0.2, 0.25) is 0 Å². The van der Waals surface area contributed by atoms with E-state index in [4.69, 9.17) is 4.74 Å². The molecular weight excluding hydrogens is 150 g/mol. The molecule has 2 heteroatoms. The Hall–Kier alpha value is -1.02. The summed E-state index contributed by atoms with van der Waals surface area (Å²) in [5, 5.41) is 3.08. The third-order valence-electron chi connectivity index (χ3n) is 2.14. The van der Waals surface area contributed by atoms with Crippen LogP contribution in [0.15, 0.2) is 36.1 Å². The molecule has 1 aliphatic heterocycles. The van der Waals surface area contributed by atoms with E-state index in [1.165, 1.54) is 0 Å². The first-order chi connectivity index (χ1) is 5.90. The average molecular weight is 163 g/mol. The van der Waals surface area contributed by atoms with E-state index >= 15 is 0 Å². The second-order valence-corrected chi connectivity index (χ2v) is 3.09. The Morgan fingerprint density at radius 2 is 2.25 bits per heavy atom. The van der Waals surface area contributed by atoms with Crippen LogP contribution in [0.3, 0.4) is 0 Å². The van der Waals surface area contributed by atoms with Crippen molar-refractivity contribution < 1.29 is 4.74 Å². The van der Waals surface area contributed by atoms with Crippen LogP contribution in [0.1, 0.15) is 0 Å². The molecule has 2 unspecified atom stereocenters. The van der Waals surface area contributed by atoms with Gasteiger partial charge in [0.15, 0.2) is 0 Å². The van der Waals surface area contributed by atoms with Crippen molar-refractivity contribution in [1.82, 2.24) is 5.32 Å². The molecule has 64 valence electrons. The van der Waals surface area contributed by atoms with Gasteiger partial charge in [0.1, 0.15) is 11.9 Å². The number of hydrogen-bond donors (Lipinski definition) is 1. The number of rotatable bonds is 2. The van der Waals surface area contributed by atoms with E-state index in [0.29, 0.717) is 5.92 Å². The molecule has 0 radical (unpaired) electrons.